The summed E-state index contributed by atoms with van der Waals surface area (Å²) in [6.07, 6.45) is 3.86. The second-order valence-electron chi connectivity index (χ2n) is 6.60. The van der Waals surface area contributed by atoms with Crippen LogP contribution in [0.5, 0.6) is 11.5 Å². The molecule has 1 aliphatic carbocycles. The van der Waals surface area contributed by atoms with Gasteiger partial charge in [0.25, 0.3) is 0 Å². The predicted octanol–water partition coefficient (Wildman–Crippen LogP) is 3.64. The molecule has 1 saturated carbocycles. The number of ether oxygens (including phenoxy) is 2. The topological polar surface area (TPSA) is 30.5 Å². The highest BCUT2D eigenvalue weighted by Crippen LogP contribution is 2.38. The van der Waals surface area contributed by atoms with Crippen molar-refractivity contribution in [1.29, 1.82) is 0 Å². The fraction of sp³-hybridized carbons (Fsp3) is 0.625. The second-order valence-corrected chi connectivity index (χ2v) is 6.60. The van der Waals surface area contributed by atoms with Crippen molar-refractivity contribution in [2.75, 3.05) is 6.79 Å². The Morgan fingerprint density at radius 3 is 2.79 bits per heavy atom. The van der Waals surface area contributed by atoms with Gasteiger partial charge in [-0.25, -0.2) is 0 Å². The molecular formula is C16H23NO2. The standard InChI is InChI=1S/C16H23NO2/c1-11(17-13-6-7-16(2,3)9-13)12-4-5-14-15(8-12)19-10-18-14/h4-5,8,11,13,17H,6-7,9-10H2,1-3H3. The summed E-state index contributed by atoms with van der Waals surface area (Å²) >= 11 is 0. The zero-order chi connectivity index (χ0) is 13.5. The van der Waals surface area contributed by atoms with E-state index in [1.165, 1.54) is 24.8 Å². The van der Waals surface area contributed by atoms with Crippen LogP contribution in [0.2, 0.25) is 0 Å². The van der Waals surface area contributed by atoms with Crippen LogP contribution in [0.15, 0.2) is 18.2 Å². The zero-order valence-electron chi connectivity index (χ0n) is 12.0. The highest BCUT2D eigenvalue weighted by molar-refractivity contribution is 5.45. The largest absolute Gasteiger partial charge is 0.454 e. The summed E-state index contributed by atoms with van der Waals surface area (Å²) in [7, 11) is 0. The molecule has 104 valence electrons. The van der Waals surface area contributed by atoms with E-state index in [2.05, 4.69) is 38.2 Å². The third kappa shape index (κ3) is 2.71. The van der Waals surface area contributed by atoms with Crippen LogP contribution in [0.25, 0.3) is 0 Å². The molecule has 0 amide bonds. The molecule has 1 aromatic rings. The smallest absolute Gasteiger partial charge is 0.231 e. The number of hydrogen-bond donors (Lipinski definition) is 1. The number of rotatable bonds is 3. The Morgan fingerprint density at radius 1 is 1.26 bits per heavy atom. The van der Waals surface area contributed by atoms with E-state index in [1.54, 1.807) is 0 Å². The van der Waals surface area contributed by atoms with Crippen LogP contribution in [0.3, 0.4) is 0 Å². The van der Waals surface area contributed by atoms with Crippen molar-refractivity contribution in [2.45, 2.75) is 52.1 Å². The summed E-state index contributed by atoms with van der Waals surface area (Å²) in [6, 6.07) is 7.23. The van der Waals surface area contributed by atoms with Crippen LogP contribution in [-0.2, 0) is 0 Å². The van der Waals surface area contributed by atoms with Gasteiger partial charge in [0.15, 0.2) is 11.5 Å². The molecule has 1 aromatic carbocycles. The first kappa shape index (κ1) is 12.8. The quantitative estimate of drug-likeness (QED) is 0.901. The van der Waals surface area contributed by atoms with Gasteiger partial charge in [-0.1, -0.05) is 19.9 Å². The van der Waals surface area contributed by atoms with Gasteiger partial charge in [0.2, 0.25) is 6.79 Å². The van der Waals surface area contributed by atoms with Gasteiger partial charge in [-0.05, 0) is 49.3 Å². The van der Waals surface area contributed by atoms with Gasteiger partial charge in [0.05, 0.1) is 0 Å². The molecular weight excluding hydrogens is 238 g/mol. The zero-order valence-corrected chi connectivity index (χ0v) is 12.0. The number of benzene rings is 1. The average molecular weight is 261 g/mol. The monoisotopic (exact) mass is 261 g/mol. The van der Waals surface area contributed by atoms with Crippen LogP contribution >= 0.6 is 0 Å². The van der Waals surface area contributed by atoms with Crippen molar-refractivity contribution in [1.82, 2.24) is 5.32 Å². The van der Waals surface area contributed by atoms with E-state index in [9.17, 15) is 0 Å². The maximum atomic E-state index is 5.44. The van der Waals surface area contributed by atoms with Crippen molar-refractivity contribution >= 4 is 0 Å². The minimum absolute atomic E-state index is 0.345. The van der Waals surface area contributed by atoms with E-state index in [4.69, 9.17) is 9.47 Å². The van der Waals surface area contributed by atoms with Crippen molar-refractivity contribution in [2.24, 2.45) is 5.41 Å². The lowest BCUT2D eigenvalue weighted by atomic mass is 9.91. The Bertz CT molecular complexity index is 470. The number of hydrogen-bond acceptors (Lipinski definition) is 3. The molecule has 1 fully saturated rings. The van der Waals surface area contributed by atoms with E-state index in [0.717, 1.165) is 11.5 Å². The van der Waals surface area contributed by atoms with E-state index in [1.807, 2.05) is 6.07 Å². The molecule has 3 nitrogen and oxygen atoms in total. The first-order chi connectivity index (χ1) is 9.03. The SMILES string of the molecule is CC(NC1CCC(C)(C)C1)c1ccc2c(c1)OCO2. The average Bonchev–Trinajstić information content (AvgIpc) is 2.94. The van der Waals surface area contributed by atoms with Gasteiger partial charge < -0.3 is 14.8 Å². The molecule has 0 radical (unpaired) electrons. The Kier molecular flexibility index (Phi) is 3.17. The number of fused-ring (bicyclic) bond motifs is 1. The maximum absolute atomic E-state index is 5.44. The molecule has 19 heavy (non-hydrogen) atoms. The lowest BCUT2D eigenvalue weighted by Gasteiger charge is -2.22. The Labute approximate surface area is 115 Å². The van der Waals surface area contributed by atoms with Crippen LogP contribution in [-0.4, -0.2) is 12.8 Å². The third-order valence-electron chi connectivity index (χ3n) is 4.35. The molecule has 0 bridgehead atoms. The maximum Gasteiger partial charge on any atom is 0.231 e. The van der Waals surface area contributed by atoms with Gasteiger partial charge in [0.1, 0.15) is 0 Å². The third-order valence-corrected chi connectivity index (χ3v) is 4.35. The summed E-state index contributed by atoms with van der Waals surface area (Å²) in [6.45, 7) is 7.29. The van der Waals surface area contributed by atoms with Gasteiger partial charge in [-0.2, -0.15) is 0 Å². The molecule has 2 atom stereocenters. The molecule has 2 aliphatic rings. The minimum atomic E-state index is 0.345. The Balaban J connectivity index is 1.66. The molecule has 0 aromatic heterocycles. The van der Waals surface area contributed by atoms with Crippen molar-refractivity contribution in [3.8, 4) is 11.5 Å². The molecule has 1 aliphatic heterocycles. The number of nitrogens with one attached hydrogen (secondary N) is 1. The highest BCUT2D eigenvalue weighted by atomic mass is 16.7. The van der Waals surface area contributed by atoms with Crippen molar-refractivity contribution in [3.63, 3.8) is 0 Å². The fourth-order valence-electron chi connectivity index (χ4n) is 3.21. The normalized spacial score (nSPS) is 25.5. The van der Waals surface area contributed by atoms with Gasteiger partial charge in [-0.15, -0.1) is 0 Å². The predicted molar refractivity (Wildman–Crippen MR) is 75.5 cm³/mol. The van der Waals surface area contributed by atoms with Crippen molar-refractivity contribution < 1.29 is 9.47 Å². The van der Waals surface area contributed by atoms with Crippen molar-refractivity contribution in [3.05, 3.63) is 23.8 Å². The fourth-order valence-corrected chi connectivity index (χ4v) is 3.21. The molecule has 3 rings (SSSR count). The minimum Gasteiger partial charge on any atom is -0.454 e. The highest BCUT2D eigenvalue weighted by Gasteiger charge is 2.31. The molecule has 0 saturated heterocycles. The first-order valence-electron chi connectivity index (χ1n) is 7.19. The lowest BCUT2D eigenvalue weighted by Crippen LogP contribution is -2.30. The Morgan fingerprint density at radius 2 is 2.05 bits per heavy atom. The molecule has 0 spiro atoms. The van der Waals surface area contributed by atoms with E-state index >= 15 is 0 Å². The summed E-state index contributed by atoms with van der Waals surface area (Å²) in [5, 5.41) is 3.75. The molecule has 1 N–H and O–H groups in total. The molecule has 2 unspecified atom stereocenters. The van der Waals surface area contributed by atoms with Crippen LogP contribution in [0, 0.1) is 5.41 Å². The van der Waals surface area contributed by atoms with Gasteiger partial charge in [-0.3, -0.25) is 0 Å². The lowest BCUT2D eigenvalue weighted by molar-refractivity contribution is 0.174. The van der Waals surface area contributed by atoms with Crippen LogP contribution in [0.1, 0.15) is 51.6 Å². The van der Waals surface area contributed by atoms with Crippen LogP contribution in [0.4, 0.5) is 0 Å². The van der Waals surface area contributed by atoms with Gasteiger partial charge >= 0.3 is 0 Å². The van der Waals surface area contributed by atoms with E-state index < -0.39 is 0 Å². The molecule has 1 heterocycles. The van der Waals surface area contributed by atoms with Gasteiger partial charge in [0, 0.05) is 12.1 Å². The first-order valence-corrected chi connectivity index (χ1v) is 7.19. The Hall–Kier alpha value is -1.22. The molecule has 3 heteroatoms. The summed E-state index contributed by atoms with van der Waals surface area (Å²) < 4.78 is 10.8. The summed E-state index contributed by atoms with van der Waals surface area (Å²) in [5.41, 5.74) is 1.76. The van der Waals surface area contributed by atoms with Crippen LogP contribution < -0.4 is 14.8 Å². The van der Waals surface area contributed by atoms with E-state index in [0.29, 0.717) is 24.3 Å². The second kappa shape index (κ2) is 4.71. The summed E-state index contributed by atoms with van der Waals surface area (Å²) in [4.78, 5) is 0. The summed E-state index contributed by atoms with van der Waals surface area (Å²) in [5.74, 6) is 1.73. The van der Waals surface area contributed by atoms with E-state index in [-0.39, 0.29) is 0 Å².